The molecule has 0 saturated carbocycles. The van der Waals surface area contributed by atoms with Gasteiger partial charge in [0.1, 0.15) is 5.82 Å². The lowest BCUT2D eigenvalue weighted by atomic mass is 10.0. The highest BCUT2D eigenvalue weighted by Crippen LogP contribution is 2.35. The van der Waals surface area contributed by atoms with Crippen molar-refractivity contribution in [1.82, 2.24) is 15.0 Å². The van der Waals surface area contributed by atoms with Gasteiger partial charge in [-0.25, -0.2) is 9.97 Å². The van der Waals surface area contributed by atoms with E-state index >= 15 is 0 Å². The number of nitrogen functional groups attached to an aromatic ring is 1. The Labute approximate surface area is 166 Å². The molecule has 0 aliphatic carbocycles. The van der Waals surface area contributed by atoms with Crippen molar-refractivity contribution in [3.05, 3.63) is 18.3 Å². The largest absolute Gasteiger partial charge is 0.431 e. The second-order valence-corrected chi connectivity index (χ2v) is 7.70. The molecule has 2 N–H and O–H groups in total. The highest BCUT2D eigenvalue weighted by atomic mass is 19.3. The number of nitrogens with two attached hydrogens (primary N) is 1. The predicted molar refractivity (Wildman–Crippen MR) is 103 cm³/mol. The van der Waals surface area contributed by atoms with Crippen LogP contribution in [0.25, 0.3) is 11.3 Å². The Morgan fingerprint density at radius 1 is 1.10 bits per heavy atom. The molecule has 2 unspecified atom stereocenters. The van der Waals surface area contributed by atoms with Gasteiger partial charge in [0, 0.05) is 55.8 Å². The van der Waals surface area contributed by atoms with Crippen LogP contribution in [-0.2, 0) is 4.74 Å². The SMILES string of the molecule is Nc1ncc(-c2cc(N3CC4COCC4C3)nc(N3CCC3)n2)cc1OC(F)F. The first-order valence-corrected chi connectivity index (χ1v) is 9.74. The number of aromatic nitrogens is 3. The monoisotopic (exact) mass is 404 g/mol. The first-order chi connectivity index (χ1) is 14.1. The molecular weight excluding hydrogens is 382 g/mol. The Kier molecular flexibility index (Phi) is 4.57. The average molecular weight is 404 g/mol. The molecule has 8 nitrogen and oxygen atoms in total. The first-order valence-electron chi connectivity index (χ1n) is 9.74. The van der Waals surface area contributed by atoms with Crippen molar-refractivity contribution in [2.45, 2.75) is 13.0 Å². The van der Waals surface area contributed by atoms with E-state index in [1.807, 2.05) is 6.07 Å². The van der Waals surface area contributed by atoms with Crippen LogP contribution in [0, 0.1) is 11.8 Å². The Balaban J connectivity index is 1.51. The molecule has 10 heteroatoms. The molecule has 0 radical (unpaired) electrons. The molecule has 2 aromatic rings. The van der Waals surface area contributed by atoms with Gasteiger partial charge < -0.3 is 25.0 Å². The Hall–Kier alpha value is -2.75. The van der Waals surface area contributed by atoms with Crippen molar-refractivity contribution in [3.63, 3.8) is 0 Å². The third-order valence-corrected chi connectivity index (χ3v) is 5.80. The summed E-state index contributed by atoms with van der Waals surface area (Å²) in [5.41, 5.74) is 6.84. The van der Waals surface area contributed by atoms with Gasteiger partial charge in [0.25, 0.3) is 0 Å². The normalized spacial score (nSPS) is 23.4. The van der Waals surface area contributed by atoms with E-state index in [0.29, 0.717) is 29.0 Å². The van der Waals surface area contributed by atoms with E-state index in [0.717, 1.165) is 51.6 Å². The fourth-order valence-corrected chi connectivity index (χ4v) is 4.05. The van der Waals surface area contributed by atoms with E-state index < -0.39 is 6.61 Å². The van der Waals surface area contributed by atoms with E-state index in [4.69, 9.17) is 15.5 Å². The third kappa shape index (κ3) is 3.52. The van der Waals surface area contributed by atoms with Crippen LogP contribution in [0.2, 0.25) is 0 Å². The number of anilines is 3. The van der Waals surface area contributed by atoms with Crippen molar-refractivity contribution in [2.75, 3.05) is 54.9 Å². The summed E-state index contributed by atoms with van der Waals surface area (Å²) in [6.07, 6.45) is 2.62. The van der Waals surface area contributed by atoms with Crippen LogP contribution in [0.1, 0.15) is 6.42 Å². The zero-order valence-corrected chi connectivity index (χ0v) is 15.8. The van der Waals surface area contributed by atoms with Gasteiger partial charge in [-0.3, -0.25) is 0 Å². The zero-order chi connectivity index (χ0) is 20.0. The van der Waals surface area contributed by atoms with Gasteiger partial charge in [0.15, 0.2) is 11.6 Å². The van der Waals surface area contributed by atoms with Crippen LogP contribution in [0.5, 0.6) is 5.75 Å². The molecule has 3 fully saturated rings. The highest BCUT2D eigenvalue weighted by Gasteiger charge is 2.38. The van der Waals surface area contributed by atoms with Crippen molar-refractivity contribution in [1.29, 1.82) is 0 Å². The molecule has 5 rings (SSSR count). The molecule has 2 atom stereocenters. The van der Waals surface area contributed by atoms with Gasteiger partial charge in [0.2, 0.25) is 5.95 Å². The minimum Gasteiger partial charge on any atom is -0.431 e. The summed E-state index contributed by atoms with van der Waals surface area (Å²) in [6, 6.07) is 3.33. The Morgan fingerprint density at radius 3 is 2.52 bits per heavy atom. The van der Waals surface area contributed by atoms with Crippen LogP contribution < -0.4 is 20.3 Å². The maximum atomic E-state index is 12.7. The minimum atomic E-state index is -2.97. The average Bonchev–Trinajstić information content (AvgIpc) is 3.23. The number of fused-ring (bicyclic) bond motifs is 1. The Bertz CT molecular complexity index is 898. The summed E-state index contributed by atoms with van der Waals surface area (Å²) in [5, 5.41) is 0. The van der Waals surface area contributed by atoms with E-state index in [-0.39, 0.29) is 11.6 Å². The number of rotatable bonds is 5. The van der Waals surface area contributed by atoms with Gasteiger partial charge in [-0.2, -0.15) is 13.8 Å². The van der Waals surface area contributed by atoms with E-state index in [9.17, 15) is 8.78 Å². The molecule has 3 aliphatic rings. The number of nitrogens with zero attached hydrogens (tertiary/aromatic N) is 5. The maximum Gasteiger partial charge on any atom is 0.387 e. The molecule has 0 spiro atoms. The van der Waals surface area contributed by atoms with E-state index in [1.165, 1.54) is 12.3 Å². The summed E-state index contributed by atoms with van der Waals surface area (Å²) >= 11 is 0. The van der Waals surface area contributed by atoms with Crippen LogP contribution in [0.3, 0.4) is 0 Å². The lowest BCUT2D eigenvalue weighted by molar-refractivity contribution is -0.0494. The molecule has 154 valence electrons. The van der Waals surface area contributed by atoms with Crippen molar-refractivity contribution < 1.29 is 18.3 Å². The topological polar surface area (TPSA) is 89.6 Å². The van der Waals surface area contributed by atoms with Crippen LogP contribution in [0.4, 0.5) is 26.4 Å². The van der Waals surface area contributed by atoms with Crippen molar-refractivity contribution in [3.8, 4) is 17.0 Å². The van der Waals surface area contributed by atoms with Crippen molar-refractivity contribution in [2.24, 2.45) is 11.8 Å². The lowest BCUT2D eigenvalue weighted by Gasteiger charge is -2.32. The summed E-state index contributed by atoms with van der Waals surface area (Å²) < 4.78 is 35.4. The van der Waals surface area contributed by atoms with Gasteiger partial charge in [-0.1, -0.05) is 0 Å². The Morgan fingerprint density at radius 2 is 1.86 bits per heavy atom. The fourth-order valence-electron chi connectivity index (χ4n) is 4.05. The summed E-state index contributed by atoms with van der Waals surface area (Å²) in [7, 11) is 0. The number of ether oxygens (including phenoxy) is 2. The third-order valence-electron chi connectivity index (χ3n) is 5.80. The standard InChI is InChI=1S/C19H22F2N6O2/c20-18(21)29-15-4-11(6-23-17(15)22)14-5-16(25-19(24-14)26-2-1-3-26)27-7-12-9-28-10-13(12)8-27/h4-6,12-13,18H,1-3,7-10H2,(H2,22,23). The molecule has 3 aliphatic heterocycles. The number of pyridine rings is 1. The van der Waals surface area contributed by atoms with Crippen LogP contribution in [0.15, 0.2) is 18.3 Å². The molecule has 29 heavy (non-hydrogen) atoms. The number of hydrogen-bond acceptors (Lipinski definition) is 8. The van der Waals surface area contributed by atoms with Crippen molar-refractivity contribution >= 4 is 17.6 Å². The molecule has 0 amide bonds. The van der Waals surface area contributed by atoms with Crippen LogP contribution in [-0.4, -0.2) is 61.0 Å². The molecule has 2 aromatic heterocycles. The molecule has 0 aromatic carbocycles. The van der Waals surface area contributed by atoms with Crippen LogP contribution >= 0.6 is 0 Å². The highest BCUT2D eigenvalue weighted by molar-refractivity contribution is 5.68. The quantitative estimate of drug-likeness (QED) is 0.810. The second-order valence-electron chi connectivity index (χ2n) is 7.70. The number of halogens is 2. The van der Waals surface area contributed by atoms with Gasteiger partial charge >= 0.3 is 6.61 Å². The number of hydrogen-bond donors (Lipinski definition) is 1. The van der Waals surface area contributed by atoms with E-state index in [2.05, 4.69) is 24.5 Å². The van der Waals surface area contributed by atoms with Gasteiger partial charge in [-0.15, -0.1) is 0 Å². The second kappa shape index (κ2) is 7.25. The smallest absolute Gasteiger partial charge is 0.387 e. The summed E-state index contributed by atoms with van der Waals surface area (Å²) in [5.74, 6) is 2.27. The molecule has 0 bridgehead atoms. The van der Waals surface area contributed by atoms with Gasteiger partial charge in [0.05, 0.1) is 18.9 Å². The van der Waals surface area contributed by atoms with E-state index in [1.54, 1.807) is 0 Å². The zero-order valence-electron chi connectivity index (χ0n) is 15.8. The molecule has 3 saturated heterocycles. The summed E-state index contributed by atoms with van der Waals surface area (Å²) in [4.78, 5) is 17.8. The molecular formula is C19H22F2N6O2. The predicted octanol–water partition coefficient (Wildman–Crippen LogP) is 2.01. The minimum absolute atomic E-state index is 0.0846. The first kappa shape index (κ1) is 18.3. The lowest BCUT2D eigenvalue weighted by Crippen LogP contribution is -2.38. The summed E-state index contributed by atoms with van der Waals surface area (Å²) in [6.45, 7) is 2.19. The maximum absolute atomic E-state index is 12.7. The van der Waals surface area contributed by atoms with Gasteiger partial charge in [-0.05, 0) is 12.5 Å². The number of alkyl halides is 2. The fraction of sp³-hybridized carbons (Fsp3) is 0.526. The molecule has 5 heterocycles.